The van der Waals surface area contributed by atoms with Crippen molar-refractivity contribution in [3.8, 4) is 5.75 Å². The number of hydrogen-bond acceptors (Lipinski definition) is 5. The number of nitrogens with one attached hydrogen (secondary N) is 1. The lowest BCUT2D eigenvalue weighted by Gasteiger charge is -2.22. The second kappa shape index (κ2) is 12.5. The SMILES string of the molecule is COc1ccc(C(=O)N2CCc3ccc(NC(=O)CN(Cc4cccc(Cl)c4)S(=O)(=O)c4ccc(Cl)cc4)cc32)cc1. The topological polar surface area (TPSA) is 96.0 Å². The molecule has 0 atom stereocenters. The van der Waals surface area contributed by atoms with E-state index in [2.05, 4.69) is 5.32 Å². The summed E-state index contributed by atoms with van der Waals surface area (Å²) in [6.07, 6.45) is 0.679. The summed E-state index contributed by atoms with van der Waals surface area (Å²) in [6.45, 7) is -0.0271. The van der Waals surface area contributed by atoms with Gasteiger partial charge in [-0.15, -0.1) is 0 Å². The molecule has 1 aliphatic rings. The van der Waals surface area contributed by atoms with Gasteiger partial charge in [0.1, 0.15) is 5.75 Å². The van der Waals surface area contributed by atoms with Gasteiger partial charge in [-0.1, -0.05) is 41.4 Å². The van der Waals surface area contributed by atoms with Crippen LogP contribution in [0.15, 0.2) is 95.9 Å². The molecule has 0 spiro atoms. The van der Waals surface area contributed by atoms with Gasteiger partial charge in [-0.2, -0.15) is 4.31 Å². The van der Waals surface area contributed by atoms with E-state index in [0.29, 0.717) is 51.3 Å². The van der Waals surface area contributed by atoms with Gasteiger partial charge < -0.3 is 15.0 Å². The minimum absolute atomic E-state index is 0.00643. The van der Waals surface area contributed by atoms with Crippen molar-refractivity contribution in [3.05, 3.63) is 118 Å². The third-order valence-corrected chi connectivity index (χ3v) is 9.16. The van der Waals surface area contributed by atoms with Gasteiger partial charge >= 0.3 is 0 Å². The maximum Gasteiger partial charge on any atom is 0.258 e. The van der Waals surface area contributed by atoms with E-state index in [1.54, 1.807) is 72.7 Å². The predicted molar refractivity (Wildman–Crippen MR) is 164 cm³/mol. The zero-order chi connectivity index (χ0) is 29.9. The van der Waals surface area contributed by atoms with Crippen LogP contribution in [0.25, 0.3) is 0 Å². The number of halogens is 2. The van der Waals surface area contributed by atoms with E-state index in [1.807, 2.05) is 6.07 Å². The molecule has 1 aliphatic heterocycles. The van der Waals surface area contributed by atoms with Crippen molar-refractivity contribution >= 4 is 56.4 Å². The molecule has 0 saturated carbocycles. The molecule has 0 bridgehead atoms. The summed E-state index contributed by atoms with van der Waals surface area (Å²) in [5.41, 5.74) is 3.25. The molecule has 11 heteroatoms. The highest BCUT2D eigenvalue weighted by Crippen LogP contribution is 2.32. The molecule has 42 heavy (non-hydrogen) atoms. The van der Waals surface area contributed by atoms with Gasteiger partial charge in [0.25, 0.3) is 5.91 Å². The summed E-state index contributed by atoms with van der Waals surface area (Å²) in [5, 5.41) is 3.64. The fourth-order valence-corrected chi connectivity index (χ4v) is 6.46. The largest absolute Gasteiger partial charge is 0.497 e. The van der Waals surface area contributed by atoms with Crippen molar-refractivity contribution in [2.75, 3.05) is 30.4 Å². The van der Waals surface area contributed by atoms with Crippen molar-refractivity contribution < 1.29 is 22.7 Å². The normalized spacial score (nSPS) is 12.7. The van der Waals surface area contributed by atoms with Gasteiger partial charge in [0.15, 0.2) is 0 Å². The van der Waals surface area contributed by atoms with Crippen LogP contribution >= 0.6 is 23.2 Å². The van der Waals surface area contributed by atoms with Gasteiger partial charge in [-0.25, -0.2) is 8.42 Å². The highest BCUT2D eigenvalue weighted by molar-refractivity contribution is 7.89. The number of carbonyl (C=O) groups excluding carboxylic acids is 2. The minimum Gasteiger partial charge on any atom is -0.497 e. The van der Waals surface area contributed by atoms with E-state index < -0.39 is 22.5 Å². The molecule has 0 fully saturated rings. The molecule has 216 valence electrons. The van der Waals surface area contributed by atoms with E-state index in [1.165, 1.54) is 24.3 Å². The van der Waals surface area contributed by atoms with Crippen LogP contribution in [0, 0.1) is 0 Å². The molecule has 4 aromatic rings. The van der Waals surface area contributed by atoms with Crippen LogP contribution in [0.2, 0.25) is 10.0 Å². The molecular formula is C31H27Cl2N3O5S. The van der Waals surface area contributed by atoms with Crippen molar-refractivity contribution in [2.45, 2.75) is 17.9 Å². The van der Waals surface area contributed by atoms with Crippen LogP contribution in [-0.2, 0) is 27.8 Å². The maximum atomic E-state index is 13.6. The Kier molecular flexibility index (Phi) is 8.84. The Balaban J connectivity index is 1.36. The number of hydrogen-bond donors (Lipinski definition) is 1. The Morgan fingerprint density at radius 2 is 1.67 bits per heavy atom. The average Bonchev–Trinajstić information content (AvgIpc) is 3.40. The number of anilines is 2. The fraction of sp³-hybridized carbons (Fsp3) is 0.161. The number of carbonyl (C=O) groups is 2. The number of nitrogens with zero attached hydrogens (tertiary/aromatic N) is 2. The first-order valence-electron chi connectivity index (χ1n) is 13.0. The summed E-state index contributed by atoms with van der Waals surface area (Å²) >= 11 is 12.1. The molecule has 8 nitrogen and oxygen atoms in total. The number of ether oxygens (including phenoxy) is 1. The van der Waals surface area contributed by atoms with Crippen LogP contribution in [0.1, 0.15) is 21.5 Å². The van der Waals surface area contributed by atoms with Gasteiger partial charge in [0.05, 0.1) is 18.6 Å². The minimum atomic E-state index is -4.07. The lowest BCUT2D eigenvalue weighted by atomic mass is 10.1. The van der Waals surface area contributed by atoms with Gasteiger partial charge in [-0.3, -0.25) is 9.59 Å². The Bertz CT molecular complexity index is 1730. The van der Waals surface area contributed by atoms with Crippen molar-refractivity contribution in [1.82, 2.24) is 4.31 Å². The summed E-state index contributed by atoms with van der Waals surface area (Å²) in [4.78, 5) is 28.2. The number of sulfonamides is 1. The van der Waals surface area contributed by atoms with Crippen molar-refractivity contribution in [2.24, 2.45) is 0 Å². The molecule has 1 N–H and O–H groups in total. The molecule has 1 heterocycles. The number of methoxy groups -OCH3 is 1. The predicted octanol–water partition coefficient (Wildman–Crippen LogP) is 6.03. The third kappa shape index (κ3) is 6.60. The zero-order valence-corrected chi connectivity index (χ0v) is 24.9. The smallest absolute Gasteiger partial charge is 0.258 e. The second-order valence-corrected chi connectivity index (χ2v) is 12.5. The number of amides is 2. The molecule has 0 aliphatic carbocycles. The molecule has 2 amide bonds. The fourth-order valence-electron chi connectivity index (χ4n) is 4.74. The van der Waals surface area contributed by atoms with Crippen LogP contribution in [0.5, 0.6) is 5.75 Å². The monoisotopic (exact) mass is 623 g/mol. The standard InChI is InChI=1S/C31H27Cl2N3O5S/c1-41-27-11-6-23(7-12-27)31(38)36-16-15-22-5-10-26(18-29(22)36)34-30(37)20-35(19-21-3-2-4-25(33)17-21)42(39,40)28-13-8-24(32)9-14-28/h2-14,17-18H,15-16,19-20H2,1H3,(H,34,37). The lowest BCUT2D eigenvalue weighted by molar-refractivity contribution is -0.116. The summed E-state index contributed by atoms with van der Waals surface area (Å²) in [6, 6.07) is 24.8. The molecule has 0 saturated heterocycles. The van der Waals surface area contributed by atoms with Crippen molar-refractivity contribution in [1.29, 1.82) is 0 Å². The first-order chi connectivity index (χ1) is 20.1. The van der Waals surface area contributed by atoms with Gasteiger partial charge in [0, 0.05) is 40.1 Å². The number of rotatable bonds is 9. The molecule has 0 aromatic heterocycles. The lowest BCUT2D eigenvalue weighted by Crippen LogP contribution is -2.37. The van der Waals surface area contributed by atoms with Crippen molar-refractivity contribution in [3.63, 3.8) is 0 Å². The average molecular weight is 625 g/mol. The Morgan fingerprint density at radius 1 is 0.929 bits per heavy atom. The van der Waals surface area contributed by atoms with E-state index >= 15 is 0 Å². The number of benzene rings is 4. The van der Waals surface area contributed by atoms with E-state index in [4.69, 9.17) is 27.9 Å². The van der Waals surface area contributed by atoms with Crippen LogP contribution in [0.3, 0.4) is 0 Å². The van der Waals surface area contributed by atoms with Crippen LogP contribution in [-0.4, -0.2) is 44.7 Å². The van der Waals surface area contributed by atoms with Gasteiger partial charge in [-0.05, 0) is 90.3 Å². The van der Waals surface area contributed by atoms with E-state index in [-0.39, 0.29) is 17.3 Å². The molecule has 0 radical (unpaired) electrons. The summed E-state index contributed by atoms with van der Waals surface area (Å²) in [5.74, 6) is -0.0527. The Hall–Kier alpha value is -3.89. The first-order valence-corrected chi connectivity index (χ1v) is 15.2. The van der Waals surface area contributed by atoms with Crippen LogP contribution in [0.4, 0.5) is 11.4 Å². The third-order valence-electron chi connectivity index (χ3n) is 6.87. The molecule has 0 unspecified atom stereocenters. The summed E-state index contributed by atoms with van der Waals surface area (Å²) < 4.78 is 33.4. The number of fused-ring (bicyclic) bond motifs is 1. The van der Waals surface area contributed by atoms with E-state index in [0.717, 1.165) is 9.87 Å². The second-order valence-electron chi connectivity index (χ2n) is 9.68. The Morgan fingerprint density at radius 3 is 2.36 bits per heavy atom. The van der Waals surface area contributed by atoms with E-state index in [9.17, 15) is 18.0 Å². The molecule has 5 rings (SSSR count). The maximum absolute atomic E-state index is 13.6. The highest BCUT2D eigenvalue weighted by Gasteiger charge is 2.29. The van der Waals surface area contributed by atoms with Gasteiger partial charge in [0.2, 0.25) is 15.9 Å². The first kappa shape index (κ1) is 29.6. The quantitative estimate of drug-likeness (QED) is 0.245. The molecule has 4 aromatic carbocycles. The zero-order valence-electron chi connectivity index (χ0n) is 22.6. The highest BCUT2D eigenvalue weighted by atomic mass is 35.5. The molecular weight excluding hydrogens is 597 g/mol. The Labute approximate surface area is 254 Å². The van der Waals surface area contributed by atoms with Crippen LogP contribution < -0.4 is 15.0 Å². The summed E-state index contributed by atoms with van der Waals surface area (Å²) in [7, 11) is -2.51.